The van der Waals surface area contributed by atoms with E-state index >= 15 is 0 Å². The van der Waals surface area contributed by atoms with Crippen LogP contribution >= 0.6 is 0 Å². The fourth-order valence-electron chi connectivity index (χ4n) is 3.63. The second kappa shape index (κ2) is 15.1. The molecule has 1 aliphatic heterocycles. The quantitative estimate of drug-likeness (QED) is 0.0827. The molecule has 3 aromatic rings. The van der Waals surface area contributed by atoms with Gasteiger partial charge in [0.15, 0.2) is 5.71 Å². The molecule has 0 saturated heterocycles. The molecule has 0 saturated carbocycles. The van der Waals surface area contributed by atoms with Crippen LogP contribution in [0.3, 0.4) is 0 Å². The van der Waals surface area contributed by atoms with Gasteiger partial charge in [-0.1, -0.05) is 6.08 Å². The second-order valence-electron chi connectivity index (χ2n) is 8.07. The smallest absolute Gasteiger partial charge is 0.744 e. The summed E-state index contributed by atoms with van der Waals surface area (Å²) in [7, 11) is -9.44. The van der Waals surface area contributed by atoms with Crippen LogP contribution in [-0.2, 0) is 29.8 Å². The summed E-state index contributed by atoms with van der Waals surface area (Å²) in [4.78, 5) is 37.0. The summed E-state index contributed by atoms with van der Waals surface area (Å²) in [6, 6.07) is 8.68. The molecule has 0 unspecified atom stereocenters. The molecule has 0 atom stereocenters. The normalized spacial score (nSPS) is 14.4. The van der Waals surface area contributed by atoms with Gasteiger partial charge >= 0.3 is 103 Å². The largest absolute Gasteiger partial charge is 1.00 e. The van der Waals surface area contributed by atoms with E-state index in [0.717, 1.165) is 52.2 Å². The number of aromatic nitrogens is 2. The van der Waals surface area contributed by atoms with Crippen LogP contribution in [0.5, 0.6) is 5.88 Å². The van der Waals surface area contributed by atoms with Crippen LogP contribution in [-0.4, -0.2) is 60.0 Å². The third kappa shape index (κ3) is 8.56. The molecule has 2 aromatic carbocycles. The van der Waals surface area contributed by atoms with E-state index in [-0.39, 0.29) is 138 Å². The number of H-pyrrole nitrogens is 1. The number of carbonyl (C=O) groups is 2. The molecule has 1 aliphatic rings. The van der Waals surface area contributed by atoms with Crippen molar-refractivity contribution in [3.8, 4) is 11.6 Å². The summed E-state index contributed by atoms with van der Waals surface area (Å²) < 4.78 is 73.3. The zero-order valence-corrected chi connectivity index (χ0v) is 30.3. The molecule has 214 valence electrons. The van der Waals surface area contributed by atoms with Crippen LogP contribution in [0.25, 0.3) is 11.8 Å². The predicted molar refractivity (Wildman–Crippen MR) is 140 cm³/mol. The van der Waals surface area contributed by atoms with Crippen LogP contribution in [0.2, 0.25) is 0 Å². The standard InChI is InChI=1S/C23H20N6O10S2.2K/c24-12-39-21-18(23(32)29(27-21)14-6-10-16(11-7-14)41(36,37)38)3-1-2-17-19(20(25)30)26-28(22(17)31)13-4-8-15(9-5-13)40(33,34)35;;/h1-11,27H,12,24H2,(H2,25,30)(H,33,34,35)(H,36,37,38);;/q;2*+1/p-2. The van der Waals surface area contributed by atoms with Crippen LogP contribution in [0, 0.1) is 0 Å². The van der Waals surface area contributed by atoms with Gasteiger partial charge in [-0.15, -0.1) is 0 Å². The molecule has 0 aliphatic carbocycles. The first-order valence-corrected chi connectivity index (χ1v) is 14.0. The van der Waals surface area contributed by atoms with Crippen LogP contribution in [0.1, 0.15) is 5.56 Å². The molecule has 5 N–H and O–H groups in total. The Labute approximate surface area is 329 Å². The van der Waals surface area contributed by atoms with E-state index in [1.807, 2.05) is 0 Å². The molecule has 0 spiro atoms. The molecule has 0 bridgehead atoms. The van der Waals surface area contributed by atoms with Gasteiger partial charge < -0.3 is 19.6 Å². The van der Waals surface area contributed by atoms with Crippen molar-refractivity contribution in [2.45, 2.75) is 9.79 Å². The summed E-state index contributed by atoms with van der Waals surface area (Å²) in [5, 5.41) is 7.31. The van der Waals surface area contributed by atoms with Crippen molar-refractivity contribution >= 4 is 49.5 Å². The number of benzene rings is 2. The molecule has 20 heteroatoms. The number of nitrogens with zero attached hydrogens (tertiary/aromatic N) is 3. The minimum atomic E-state index is -4.73. The van der Waals surface area contributed by atoms with Crippen molar-refractivity contribution < 1.29 is 143 Å². The fourth-order valence-corrected chi connectivity index (χ4v) is 4.57. The van der Waals surface area contributed by atoms with Gasteiger partial charge in [0.1, 0.15) is 32.5 Å². The number of nitrogens with two attached hydrogens (primary N) is 2. The van der Waals surface area contributed by atoms with Gasteiger partial charge in [-0.05, 0) is 60.7 Å². The van der Waals surface area contributed by atoms with Gasteiger partial charge in [-0.2, -0.15) is 10.1 Å². The Morgan fingerprint density at radius 3 is 1.91 bits per heavy atom. The van der Waals surface area contributed by atoms with Crippen molar-refractivity contribution in [1.82, 2.24) is 9.78 Å². The molecule has 0 radical (unpaired) electrons. The topological polar surface area (TPSA) is 263 Å². The molecule has 2 heterocycles. The molecule has 43 heavy (non-hydrogen) atoms. The van der Waals surface area contributed by atoms with Gasteiger partial charge in [-0.3, -0.25) is 25.2 Å². The van der Waals surface area contributed by atoms with Gasteiger partial charge in [0.2, 0.25) is 5.88 Å². The average molecular weight is 681 g/mol. The number of carbonyl (C=O) groups excluding carboxylic acids is 2. The average Bonchev–Trinajstić information content (AvgIpc) is 3.40. The van der Waals surface area contributed by atoms with Crippen molar-refractivity contribution in [2.75, 3.05) is 11.7 Å². The first-order chi connectivity index (χ1) is 19.2. The van der Waals surface area contributed by atoms with Crippen LogP contribution < -0.4 is 130 Å². The summed E-state index contributed by atoms with van der Waals surface area (Å²) in [5.41, 5.74) is 9.54. The van der Waals surface area contributed by atoms with E-state index in [0.29, 0.717) is 0 Å². The number of hydrogen-bond donors (Lipinski definition) is 3. The number of hydrazone groups is 1. The van der Waals surface area contributed by atoms with Crippen LogP contribution in [0.4, 0.5) is 5.69 Å². The van der Waals surface area contributed by atoms with Gasteiger partial charge in [0.25, 0.3) is 17.4 Å². The van der Waals surface area contributed by atoms with Crippen molar-refractivity contribution in [3.63, 3.8) is 0 Å². The number of primary amides is 1. The van der Waals surface area contributed by atoms with Crippen molar-refractivity contribution in [2.24, 2.45) is 16.6 Å². The fraction of sp³-hybridized carbons (Fsp3) is 0.0435. The SMILES string of the molecule is NCOc1[nH]n(-c2ccc(S(=O)(=O)[O-])cc2)c(=O)c1C=CC=C1C(=O)N(c2ccc(S(=O)(=O)[O-])cc2)N=C1C(N)=O.[K+].[K+]. The number of ether oxygens (including phenoxy) is 1. The molecule has 2 amide bonds. The van der Waals surface area contributed by atoms with E-state index in [1.54, 1.807) is 0 Å². The molecular weight excluding hydrogens is 663 g/mol. The number of amides is 2. The molecular formula is C23H18K2N6O10S2. The number of nitrogens with one attached hydrogen (secondary N) is 1. The third-order valence-corrected chi connectivity index (χ3v) is 7.21. The number of allylic oxidation sites excluding steroid dienone is 2. The van der Waals surface area contributed by atoms with E-state index in [4.69, 9.17) is 16.2 Å². The number of hydrogen-bond acceptors (Lipinski definition) is 12. The zero-order chi connectivity index (χ0) is 30.1. The Bertz CT molecular complexity index is 1920. The van der Waals surface area contributed by atoms with Crippen molar-refractivity contribution in [3.05, 3.63) is 82.2 Å². The maximum Gasteiger partial charge on any atom is 1.00 e. The van der Waals surface area contributed by atoms with Gasteiger partial charge in [-0.25, -0.2) is 21.5 Å². The maximum atomic E-state index is 13.1. The van der Waals surface area contributed by atoms with Crippen molar-refractivity contribution in [1.29, 1.82) is 0 Å². The molecule has 1 aromatic heterocycles. The van der Waals surface area contributed by atoms with E-state index in [2.05, 4.69) is 10.2 Å². The van der Waals surface area contributed by atoms with E-state index in [1.165, 1.54) is 24.3 Å². The van der Waals surface area contributed by atoms with E-state index in [9.17, 15) is 40.3 Å². The maximum absolute atomic E-state index is 13.1. The first-order valence-electron chi connectivity index (χ1n) is 11.1. The number of rotatable bonds is 9. The Morgan fingerprint density at radius 1 is 0.930 bits per heavy atom. The monoisotopic (exact) mass is 680 g/mol. The predicted octanol–water partition coefficient (Wildman–Crippen LogP) is -6.90. The zero-order valence-electron chi connectivity index (χ0n) is 22.5. The minimum Gasteiger partial charge on any atom is -0.744 e. The molecule has 0 fully saturated rings. The summed E-state index contributed by atoms with van der Waals surface area (Å²) in [5.74, 6) is -1.97. The number of aromatic amines is 1. The van der Waals surface area contributed by atoms with E-state index < -0.39 is 53.1 Å². The summed E-state index contributed by atoms with van der Waals surface area (Å²) in [6.07, 6.45) is 3.61. The Kier molecular flexibility index (Phi) is 13.2. The number of anilines is 1. The molecule has 16 nitrogen and oxygen atoms in total. The van der Waals surface area contributed by atoms with Gasteiger partial charge in [0.05, 0.1) is 26.7 Å². The Hall–Kier alpha value is -1.61. The third-order valence-electron chi connectivity index (χ3n) is 5.51. The Balaban J connectivity index is 0.00000323. The minimum absolute atomic E-state index is 0. The molecule has 4 rings (SSSR count). The van der Waals surface area contributed by atoms with Crippen LogP contribution in [0.15, 0.2) is 85.9 Å². The summed E-state index contributed by atoms with van der Waals surface area (Å²) in [6.45, 7) is -0.340. The second-order valence-corrected chi connectivity index (χ2v) is 10.8. The summed E-state index contributed by atoms with van der Waals surface area (Å²) >= 11 is 0. The Morgan fingerprint density at radius 2 is 1.44 bits per heavy atom. The van der Waals surface area contributed by atoms with Gasteiger partial charge in [0, 0.05) is 0 Å². The first kappa shape index (κ1) is 37.6.